The van der Waals surface area contributed by atoms with Crippen molar-refractivity contribution >= 4 is 46.9 Å². The predicted molar refractivity (Wildman–Crippen MR) is 144 cm³/mol. The molecule has 2 heterocycles. The number of Topliss-reactive ketones (excluding diaryl/α,β-unsaturated/α-hetero) is 1. The van der Waals surface area contributed by atoms with Gasteiger partial charge in [-0.2, -0.15) is 0 Å². The first kappa shape index (κ1) is 25.8. The van der Waals surface area contributed by atoms with Gasteiger partial charge in [-0.3, -0.25) is 19.0 Å². The Bertz CT molecular complexity index is 1410. The molecule has 0 N–H and O–H groups in total. The quantitative estimate of drug-likeness (QED) is 0.333. The lowest BCUT2D eigenvalue weighted by Gasteiger charge is -2.15. The van der Waals surface area contributed by atoms with Gasteiger partial charge >= 0.3 is 0 Å². The van der Waals surface area contributed by atoms with Crippen LogP contribution in [-0.2, 0) is 11.3 Å². The molecule has 1 amide bonds. The molecule has 3 aromatic rings. The number of benzene rings is 2. The van der Waals surface area contributed by atoms with Crippen LogP contribution in [0.5, 0.6) is 11.5 Å². The third kappa shape index (κ3) is 5.91. The molecule has 188 valence electrons. The Labute approximate surface area is 217 Å². The van der Waals surface area contributed by atoms with Crippen molar-refractivity contribution in [2.24, 2.45) is 0 Å². The fourth-order valence-electron chi connectivity index (χ4n) is 3.99. The summed E-state index contributed by atoms with van der Waals surface area (Å²) >= 11 is 2.84. The van der Waals surface area contributed by atoms with Gasteiger partial charge in [0.2, 0.25) is 5.91 Å². The number of nitrogens with zero attached hydrogens (tertiary/aromatic N) is 2. The van der Waals surface area contributed by atoms with Gasteiger partial charge in [0.25, 0.3) is 5.56 Å². The van der Waals surface area contributed by atoms with E-state index in [1.807, 2.05) is 30.5 Å². The molecule has 1 fully saturated rings. The summed E-state index contributed by atoms with van der Waals surface area (Å²) in [6, 6.07) is 12.8. The van der Waals surface area contributed by atoms with Crippen LogP contribution >= 0.6 is 23.1 Å². The van der Waals surface area contributed by atoms with E-state index in [9.17, 15) is 14.4 Å². The first-order chi connectivity index (χ1) is 17.4. The number of thiazole rings is 1. The van der Waals surface area contributed by atoms with Crippen molar-refractivity contribution in [3.8, 4) is 11.5 Å². The van der Waals surface area contributed by atoms with E-state index in [4.69, 9.17) is 9.47 Å². The predicted octanol–water partition coefficient (Wildman–Crippen LogP) is 2.76. The molecule has 0 aliphatic carbocycles. The Hall–Kier alpha value is -3.30. The number of carbonyl (C=O) groups is 2. The molecule has 0 saturated carbocycles. The topological polar surface area (TPSA) is 77.8 Å². The monoisotopic (exact) mass is 524 g/mol. The molecule has 7 nitrogen and oxygen atoms in total. The van der Waals surface area contributed by atoms with Gasteiger partial charge in [0.1, 0.15) is 22.7 Å². The first-order valence-corrected chi connectivity index (χ1v) is 13.6. The van der Waals surface area contributed by atoms with Crippen molar-refractivity contribution in [1.82, 2.24) is 9.47 Å². The Kier molecular flexibility index (Phi) is 8.32. The Morgan fingerprint density at radius 1 is 1.03 bits per heavy atom. The zero-order chi connectivity index (χ0) is 25.7. The highest BCUT2D eigenvalue weighted by Gasteiger charge is 2.20. The van der Waals surface area contributed by atoms with Crippen LogP contribution in [0.4, 0.5) is 0 Å². The third-order valence-corrected chi connectivity index (χ3v) is 7.80. The number of ketones is 1. The Balaban J connectivity index is 1.79. The normalized spacial score (nSPS) is 14.4. The van der Waals surface area contributed by atoms with Gasteiger partial charge in [0, 0.05) is 35.7 Å². The molecule has 0 spiro atoms. The molecule has 1 aromatic heterocycles. The minimum atomic E-state index is -0.313. The van der Waals surface area contributed by atoms with Crippen molar-refractivity contribution in [3.05, 3.63) is 73.1 Å². The van der Waals surface area contributed by atoms with Crippen LogP contribution in [0.15, 0.2) is 52.2 Å². The minimum absolute atomic E-state index is 0.102. The second-order valence-electron chi connectivity index (χ2n) is 8.31. The molecule has 1 aliphatic rings. The molecule has 1 saturated heterocycles. The lowest BCUT2D eigenvalue weighted by molar-refractivity contribution is -0.130. The van der Waals surface area contributed by atoms with Crippen LogP contribution in [0.3, 0.4) is 0 Å². The molecule has 0 atom stereocenters. The molecule has 1 aliphatic heterocycles. The highest BCUT2D eigenvalue weighted by atomic mass is 32.2. The Morgan fingerprint density at radius 3 is 2.25 bits per heavy atom. The van der Waals surface area contributed by atoms with Crippen molar-refractivity contribution in [2.45, 2.75) is 24.3 Å². The van der Waals surface area contributed by atoms with Gasteiger partial charge in [0.05, 0.1) is 18.8 Å². The molecular weight excluding hydrogens is 496 g/mol. The van der Waals surface area contributed by atoms with Crippen molar-refractivity contribution in [1.29, 1.82) is 0 Å². The number of likely N-dealkylation sites (tertiary alicyclic amines) is 1. The molecule has 0 unspecified atom stereocenters. The maximum Gasteiger partial charge on any atom is 0.269 e. The maximum absolute atomic E-state index is 13.4. The van der Waals surface area contributed by atoms with Gasteiger partial charge in [0.15, 0.2) is 5.78 Å². The Morgan fingerprint density at radius 2 is 1.67 bits per heavy atom. The fourth-order valence-corrected chi connectivity index (χ4v) is 5.44. The van der Waals surface area contributed by atoms with Gasteiger partial charge < -0.3 is 14.4 Å². The zero-order valence-corrected chi connectivity index (χ0v) is 22.1. The molecule has 4 rings (SSSR count). The summed E-state index contributed by atoms with van der Waals surface area (Å²) in [5, 5.41) is 0. The van der Waals surface area contributed by atoms with Crippen LogP contribution in [0.25, 0.3) is 12.2 Å². The molecular formula is C27H28N2O5S2. The number of carbonyl (C=O) groups excluding carboxylic acids is 2. The van der Waals surface area contributed by atoms with E-state index in [-0.39, 0.29) is 23.8 Å². The average Bonchev–Trinajstić information content (AvgIpc) is 3.54. The second kappa shape index (κ2) is 11.6. The van der Waals surface area contributed by atoms with E-state index in [1.165, 1.54) is 36.2 Å². The van der Waals surface area contributed by atoms with Crippen LogP contribution in [-0.4, -0.2) is 54.7 Å². The summed E-state index contributed by atoms with van der Waals surface area (Å²) < 4.78 is 12.9. The van der Waals surface area contributed by atoms with E-state index >= 15 is 0 Å². The summed E-state index contributed by atoms with van der Waals surface area (Å²) in [5.41, 5.74) is 0.950. The van der Waals surface area contributed by atoms with Crippen molar-refractivity contribution in [3.63, 3.8) is 0 Å². The highest BCUT2D eigenvalue weighted by Crippen LogP contribution is 2.23. The highest BCUT2D eigenvalue weighted by molar-refractivity contribution is 7.98. The molecule has 0 radical (unpaired) electrons. The summed E-state index contributed by atoms with van der Waals surface area (Å²) in [6.45, 7) is 1.29. The van der Waals surface area contributed by atoms with E-state index in [2.05, 4.69) is 0 Å². The number of hydrogen-bond acceptors (Lipinski definition) is 7. The molecule has 0 bridgehead atoms. The molecule has 2 aromatic carbocycles. The van der Waals surface area contributed by atoms with E-state index in [1.54, 1.807) is 40.9 Å². The standard InChI is InChI=1S/C27H28N2O5S2/c1-33-20-13-19(14-21(15-20)34-2)23(30)16-26-29(17-25(31)28-10-4-5-11-28)27(32)24(36-26)12-18-6-8-22(35-3)9-7-18/h6-9,12-16H,4-5,10-11,17H2,1-3H3. The minimum Gasteiger partial charge on any atom is -0.497 e. The van der Waals surface area contributed by atoms with E-state index in [0.29, 0.717) is 39.3 Å². The van der Waals surface area contributed by atoms with Gasteiger partial charge in [-0.1, -0.05) is 12.1 Å². The molecule has 9 heteroatoms. The van der Waals surface area contributed by atoms with E-state index < -0.39 is 0 Å². The van der Waals surface area contributed by atoms with E-state index in [0.717, 1.165) is 23.3 Å². The van der Waals surface area contributed by atoms with Gasteiger partial charge in [-0.25, -0.2) is 0 Å². The summed E-state index contributed by atoms with van der Waals surface area (Å²) in [6.07, 6.45) is 7.13. The van der Waals surface area contributed by atoms with Crippen molar-refractivity contribution in [2.75, 3.05) is 33.6 Å². The average molecular weight is 525 g/mol. The van der Waals surface area contributed by atoms with Gasteiger partial charge in [-0.15, -0.1) is 23.1 Å². The van der Waals surface area contributed by atoms with Crippen molar-refractivity contribution < 1.29 is 19.1 Å². The number of methoxy groups -OCH3 is 2. The summed E-state index contributed by atoms with van der Waals surface area (Å²) in [7, 11) is 3.03. The van der Waals surface area contributed by atoms with Crippen LogP contribution in [0.2, 0.25) is 0 Å². The second-order valence-corrected chi connectivity index (χ2v) is 10.3. The van der Waals surface area contributed by atoms with Gasteiger partial charge in [-0.05, 0) is 55.0 Å². The third-order valence-electron chi connectivity index (χ3n) is 5.99. The first-order valence-electron chi connectivity index (χ1n) is 11.5. The lowest BCUT2D eigenvalue weighted by Crippen LogP contribution is -2.39. The number of ether oxygens (including phenoxy) is 2. The number of hydrogen-bond donors (Lipinski definition) is 0. The fraction of sp³-hybridized carbons (Fsp3) is 0.296. The number of thioether (sulfide) groups is 1. The van der Waals surface area contributed by atoms with Crippen LogP contribution in [0.1, 0.15) is 28.8 Å². The zero-order valence-electron chi connectivity index (χ0n) is 20.5. The maximum atomic E-state index is 13.4. The number of rotatable bonds is 8. The summed E-state index contributed by atoms with van der Waals surface area (Å²) in [5.74, 6) is 0.545. The number of aromatic nitrogens is 1. The molecule has 36 heavy (non-hydrogen) atoms. The number of amides is 1. The summed E-state index contributed by atoms with van der Waals surface area (Å²) in [4.78, 5) is 42.4. The largest absolute Gasteiger partial charge is 0.497 e. The SMILES string of the molecule is COc1cc(OC)cc(C(=O)C=c2sc(=Cc3ccc(SC)cc3)c(=O)n2CC(=O)N2CCCC2)c1. The van der Waals surface area contributed by atoms with Crippen LogP contribution < -0.4 is 24.2 Å². The smallest absolute Gasteiger partial charge is 0.269 e. The van der Waals surface area contributed by atoms with Crippen LogP contribution in [0, 0.1) is 0 Å². The lowest BCUT2D eigenvalue weighted by atomic mass is 10.1.